The quantitative estimate of drug-likeness (QED) is 0.469. The zero-order chi connectivity index (χ0) is 25.8. The molecule has 1 aromatic heterocycles. The van der Waals surface area contributed by atoms with E-state index in [4.69, 9.17) is 4.74 Å². The molecule has 7 nitrogen and oxygen atoms in total. The summed E-state index contributed by atoms with van der Waals surface area (Å²) >= 11 is 1.09. The van der Waals surface area contributed by atoms with Crippen LogP contribution in [0.15, 0.2) is 58.0 Å². The Morgan fingerprint density at radius 3 is 2.46 bits per heavy atom. The molecule has 2 N–H and O–H groups in total. The highest BCUT2D eigenvalue weighted by molar-refractivity contribution is 7.12. The van der Waals surface area contributed by atoms with Gasteiger partial charge in [-0.3, -0.25) is 14.7 Å². The molecule has 2 aliphatic heterocycles. The second kappa shape index (κ2) is 11.0. The first kappa shape index (κ1) is 26.4. The number of hydrogen-bond donors (Lipinski definition) is 2. The summed E-state index contributed by atoms with van der Waals surface area (Å²) < 4.78 is 57.7. The van der Waals surface area contributed by atoms with Crippen molar-refractivity contribution in [2.45, 2.75) is 31.4 Å². The molecule has 2 aromatic rings. The van der Waals surface area contributed by atoms with Gasteiger partial charge in [0.15, 0.2) is 0 Å². The normalized spacial score (nSPS) is 21.5. The number of aliphatic carboxylic acids is 1. The van der Waals surface area contributed by atoms with E-state index in [0.717, 1.165) is 16.2 Å². The number of carbonyl (C=O) groups is 2. The van der Waals surface area contributed by atoms with Crippen LogP contribution in [0.1, 0.15) is 18.2 Å². The molecular weight excluding hydrogens is 490 g/mol. The maximum absolute atomic E-state index is 13.8. The number of likely N-dealkylation sites (tertiary alicyclic amines) is 1. The van der Waals surface area contributed by atoms with E-state index < -0.39 is 48.7 Å². The third kappa shape index (κ3) is 6.67. The molecule has 2 aliphatic rings. The number of nitrogens with zero attached hydrogens (tertiary/aromatic N) is 2. The molecule has 0 saturated carbocycles. The van der Waals surface area contributed by atoms with Gasteiger partial charge >= 0.3 is 11.9 Å². The van der Waals surface area contributed by atoms with Gasteiger partial charge in [-0.2, -0.15) is 0 Å². The lowest BCUT2D eigenvalue weighted by molar-refractivity contribution is -0.142. The summed E-state index contributed by atoms with van der Waals surface area (Å²) in [6, 6.07) is 7.12. The van der Waals surface area contributed by atoms with Crippen molar-refractivity contribution in [2.75, 3.05) is 20.2 Å². The van der Waals surface area contributed by atoms with Crippen molar-refractivity contribution in [1.82, 2.24) is 10.2 Å². The first-order valence-corrected chi connectivity index (χ1v) is 11.3. The Morgan fingerprint density at radius 1 is 1.26 bits per heavy atom. The highest BCUT2D eigenvalue weighted by atomic mass is 32.1. The average Bonchev–Trinajstić information content (AvgIpc) is 3.36. The maximum atomic E-state index is 13.8. The molecule has 0 amide bonds. The Morgan fingerprint density at radius 2 is 1.94 bits per heavy atom. The minimum absolute atomic E-state index is 0.114. The molecule has 0 bridgehead atoms. The van der Waals surface area contributed by atoms with Gasteiger partial charge in [-0.25, -0.2) is 22.4 Å². The van der Waals surface area contributed by atoms with Crippen LogP contribution in [0.5, 0.6) is 0 Å². The first-order valence-electron chi connectivity index (χ1n) is 10.5. The smallest absolute Gasteiger partial charge is 0.337 e. The minimum atomic E-state index is -3.15. The summed E-state index contributed by atoms with van der Waals surface area (Å²) in [5, 5.41) is 13.5. The summed E-state index contributed by atoms with van der Waals surface area (Å²) in [5.41, 5.74) is 0.324. The van der Waals surface area contributed by atoms with Crippen LogP contribution in [0, 0.1) is 11.6 Å². The van der Waals surface area contributed by atoms with Crippen LogP contribution in [0.4, 0.5) is 17.6 Å². The molecule has 3 heterocycles. The van der Waals surface area contributed by atoms with Crippen LogP contribution in [0.2, 0.25) is 0 Å². The Bertz CT molecular complexity index is 1140. The Kier molecular flexibility index (Phi) is 8.28. The number of esters is 1. The summed E-state index contributed by atoms with van der Waals surface area (Å²) in [5.74, 6) is -5.57. The van der Waals surface area contributed by atoms with E-state index in [9.17, 15) is 32.3 Å². The minimum Gasteiger partial charge on any atom is -0.480 e. The van der Waals surface area contributed by atoms with Gasteiger partial charge in [0.1, 0.15) is 23.5 Å². The maximum Gasteiger partial charge on any atom is 0.337 e. The summed E-state index contributed by atoms with van der Waals surface area (Å²) in [6.07, 6.45) is -0.810. The number of carboxylic acid groups (broad SMARTS) is 1. The molecule has 0 spiro atoms. The summed E-state index contributed by atoms with van der Waals surface area (Å²) in [6.45, 7) is 0.622. The number of rotatable bonds is 5. The summed E-state index contributed by atoms with van der Waals surface area (Å²) in [7, 11) is 1.18. The van der Waals surface area contributed by atoms with E-state index in [1.807, 2.05) is 0 Å². The predicted octanol–water partition coefficient (Wildman–Crippen LogP) is 3.67. The molecule has 0 radical (unpaired) electrons. The van der Waals surface area contributed by atoms with Crippen LogP contribution in [0.25, 0.3) is 0 Å². The molecule has 4 rings (SSSR count). The molecule has 2 atom stereocenters. The second-order valence-corrected chi connectivity index (χ2v) is 8.82. The Labute approximate surface area is 202 Å². The number of alkyl halides is 2. The van der Waals surface area contributed by atoms with Crippen LogP contribution in [-0.2, 0) is 14.3 Å². The van der Waals surface area contributed by atoms with E-state index >= 15 is 0 Å². The number of ether oxygens (including phenoxy) is 1. The highest BCUT2D eigenvalue weighted by Crippen LogP contribution is 2.33. The Hall–Kier alpha value is -3.25. The average molecular weight is 514 g/mol. The number of amidine groups is 1. The van der Waals surface area contributed by atoms with E-state index in [1.165, 1.54) is 30.7 Å². The molecular formula is C23H23F4N3O4S. The van der Waals surface area contributed by atoms with Gasteiger partial charge in [-0.15, -0.1) is 11.3 Å². The number of methoxy groups -OCH3 is 1. The standard InChI is InChI=1S/C17H18F3N3O4S.C6H5F/c1-8-13(16(26)27-2)10(22-14(21-8)12-3-9(18)6-28-12)5-23-7-17(19,20)4-11(23)15(24)25;7-6-4-2-1-3-5-6/h3,6,8,11H,4-5,7H2,1-2H3,(H,21,22)(H,24,25);1-5H. The fraction of sp³-hybridized carbons (Fsp3) is 0.348. The summed E-state index contributed by atoms with van der Waals surface area (Å²) in [4.78, 5) is 29.5. The zero-order valence-electron chi connectivity index (χ0n) is 18.8. The lowest BCUT2D eigenvalue weighted by atomic mass is 10.0. The van der Waals surface area contributed by atoms with Gasteiger partial charge in [0.25, 0.3) is 5.92 Å². The van der Waals surface area contributed by atoms with Crippen molar-refractivity contribution in [3.05, 3.63) is 69.6 Å². The van der Waals surface area contributed by atoms with Gasteiger partial charge in [-0.1, -0.05) is 18.2 Å². The van der Waals surface area contributed by atoms with E-state index in [-0.39, 0.29) is 29.5 Å². The topological polar surface area (TPSA) is 91.2 Å². The third-order valence-electron chi connectivity index (χ3n) is 5.29. The number of carboxylic acids is 1. The molecule has 2 unspecified atom stereocenters. The van der Waals surface area contributed by atoms with Crippen molar-refractivity contribution >= 4 is 29.1 Å². The van der Waals surface area contributed by atoms with Gasteiger partial charge in [0.2, 0.25) is 0 Å². The largest absolute Gasteiger partial charge is 0.480 e. The lowest BCUT2D eigenvalue weighted by Gasteiger charge is -2.29. The van der Waals surface area contributed by atoms with Crippen molar-refractivity contribution < 1.29 is 37.0 Å². The van der Waals surface area contributed by atoms with Crippen LogP contribution in [-0.4, -0.2) is 66.0 Å². The fourth-order valence-corrected chi connectivity index (χ4v) is 4.46. The lowest BCUT2D eigenvalue weighted by Crippen LogP contribution is -2.44. The fourth-order valence-electron chi connectivity index (χ4n) is 3.75. The molecule has 35 heavy (non-hydrogen) atoms. The molecule has 0 aliphatic carbocycles. The highest BCUT2D eigenvalue weighted by Gasteiger charge is 2.48. The van der Waals surface area contributed by atoms with Crippen molar-refractivity contribution in [3.63, 3.8) is 0 Å². The third-order valence-corrected chi connectivity index (χ3v) is 6.20. The van der Waals surface area contributed by atoms with E-state index in [0.29, 0.717) is 4.88 Å². The first-order chi connectivity index (χ1) is 16.5. The molecule has 1 aromatic carbocycles. The molecule has 188 valence electrons. The van der Waals surface area contributed by atoms with Gasteiger partial charge in [0.05, 0.1) is 30.1 Å². The van der Waals surface area contributed by atoms with Crippen LogP contribution in [0.3, 0.4) is 0 Å². The van der Waals surface area contributed by atoms with Crippen LogP contribution >= 0.6 is 11.3 Å². The number of hydrogen-bond acceptors (Lipinski definition) is 7. The van der Waals surface area contributed by atoms with Crippen molar-refractivity contribution in [2.24, 2.45) is 4.99 Å². The second-order valence-electron chi connectivity index (χ2n) is 7.91. The van der Waals surface area contributed by atoms with Crippen LogP contribution < -0.4 is 5.32 Å². The van der Waals surface area contributed by atoms with Crippen molar-refractivity contribution in [3.8, 4) is 0 Å². The van der Waals surface area contributed by atoms with E-state index in [2.05, 4.69) is 10.3 Å². The van der Waals surface area contributed by atoms with Gasteiger partial charge in [0, 0.05) is 24.0 Å². The number of benzene rings is 1. The monoisotopic (exact) mass is 513 g/mol. The number of nitrogens with one attached hydrogen (secondary N) is 1. The van der Waals surface area contributed by atoms with Gasteiger partial charge in [-0.05, 0) is 25.1 Å². The predicted molar refractivity (Wildman–Crippen MR) is 121 cm³/mol. The number of aliphatic imine (C=N–C) groups is 1. The number of thiophene rings is 1. The number of halogens is 4. The molecule has 12 heteroatoms. The molecule has 1 saturated heterocycles. The number of carbonyl (C=O) groups excluding carboxylic acids is 1. The molecule has 1 fully saturated rings. The Balaban J connectivity index is 0.000000420. The van der Waals surface area contributed by atoms with Gasteiger partial charge < -0.3 is 15.2 Å². The van der Waals surface area contributed by atoms with E-state index in [1.54, 1.807) is 25.1 Å². The SMILES string of the molecule is COC(=O)C1=C(CN2CC(F)(F)CC2C(=O)O)NC(c2cc(F)cs2)=NC1C.Fc1ccccc1. The zero-order valence-corrected chi connectivity index (χ0v) is 19.6. The van der Waals surface area contributed by atoms with Crippen molar-refractivity contribution in [1.29, 1.82) is 0 Å².